The van der Waals surface area contributed by atoms with Crippen molar-refractivity contribution in [2.45, 2.75) is 58.3 Å². The molecule has 7 nitrogen and oxygen atoms in total. The van der Waals surface area contributed by atoms with Crippen molar-refractivity contribution in [3.05, 3.63) is 0 Å². The predicted octanol–water partition coefficient (Wildman–Crippen LogP) is 2.09. The van der Waals surface area contributed by atoms with Crippen molar-refractivity contribution in [3.63, 3.8) is 0 Å². The molecule has 0 bridgehead atoms. The Labute approximate surface area is 120 Å². The zero-order chi connectivity index (χ0) is 14.6. The molecule has 0 spiro atoms. The van der Waals surface area contributed by atoms with Crippen molar-refractivity contribution in [3.8, 4) is 0 Å². The van der Waals surface area contributed by atoms with E-state index in [2.05, 4.69) is 32.7 Å². The monoisotopic (exact) mass is 281 g/mol. The van der Waals surface area contributed by atoms with Crippen LogP contribution in [0.2, 0.25) is 0 Å². The van der Waals surface area contributed by atoms with E-state index in [4.69, 9.17) is 11.5 Å². The van der Waals surface area contributed by atoms with E-state index in [0.717, 1.165) is 13.0 Å². The molecule has 0 unspecified atom stereocenters. The molecule has 7 heteroatoms. The van der Waals surface area contributed by atoms with Crippen LogP contribution < -0.4 is 22.3 Å². The number of rotatable bonds is 11. The number of unbranched alkanes of at least 4 members (excludes halogenated alkanes) is 7. The third-order valence-electron chi connectivity index (χ3n) is 3.03. The highest BCUT2D eigenvalue weighted by Crippen LogP contribution is 2.08. The summed E-state index contributed by atoms with van der Waals surface area (Å²) in [7, 11) is 0. The highest BCUT2D eigenvalue weighted by Gasteiger charge is 1.99. The number of hydrazine groups is 1. The molecule has 0 saturated carbocycles. The number of hydrogen-bond acceptors (Lipinski definition) is 7. The molecule has 1 heterocycles. The first-order valence-electron chi connectivity index (χ1n) is 7.48. The van der Waals surface area contributed by atoms with Crippen molar-refractivity contribution in [1.29, 1.82) is 0 Å². The lowest BCUT2D eigenvalue weighted by Gasteiger charge is -2.07. The summed E-state index contributed by atoms with van der Waals surface area (Å²) in [5.41, 5.74) is 16.9. The Kier molecular flexibility index (Phi) is 8.37. The number of hydrogen-bond donors (Lipinski definition) is 4. The Bertz CT molecular complexity index is 349. The predicted molar refractivity (Wildman–Crippen MR) is 82.9 cm³/mol. The van der Waals surface area contributed by atoms with Gasteiger partial charge in [0, 0.05) is 6.54 Å². The first-order chi connectivity index (χ1) is 9.72. The molecular formula is C13H27N7. The summed E-state index contributed by atoms with van der Waals surface area (Å²) in [6, 6.07) is 0. The standard InChI is InChI=1S/C13H27N7/c1-2-3-4-5-6-7-8-9-10-16-20-13-18-11(14)17-12(15)19-13/h16H,2-10H2,1H3,(H5,14,15,17,18,19,20). The van der Waals surface area contributed by atoms with E-state index in [9.17, 15) is 0 Å². The summed E-state index contributed by atoms with van der Waals surface area (Å²) < 4.78 is 0. The van der Waals surface area contributed by atoms with Crippen LogP contribution in [-0.2, 0) is 0 Å². The maximum Gasteiger partial charge on any atom is 0.243 e. The SMILES string of the molecule is CCCCCCCCCCNNc1nc(N)nc(N)n1. The van der Waals surface area contributed by atoms with Gasteiger partial charge >= 0.3 is 0 Å². The molecule has 0 aliphatic rings. The van der Waals surface area contributed by atoms with Gasteiger partial charge < -0.3 is 11.5 Å². The molecule has 114 valence electrons. The van der Waals surface area contributed by atoms with Gasteiger partial charge in [-0.3, -0.25) is 5.43 Å². The lowest BCUT2D eigenvalue weighted by molar-refractivity contribution is 0.566. The largest absolute Gasteiger partial charge is 0.368 e. The van der Waals surface area contributed by atoms with Gasteiger partial charge in [0.25, 0.3) is 0 Å². The molecule has 1 aromatic rings. The van der Waals surface area contributed by atoms with Crippen molar-refractivity contribution in [2.24, 2.45) is 0 Å². The van der Waals surface area contributed by atoms with Crippen LogP contribution in [0.25, 0.3) is 0 Å². The molecule has 0 fully saturated rings. The lowest BCUT2D eigenvalue weighted by atomic mass is 10.1. The van der Waals surface area contributed by atoms with Gasteiger partial charge in [0.15, 0.2) is 0 Å². The Morgan fingerprint density at radius 3 is 1.95 bits per heavy atom. The Balaban J connectivity index is 1.97. The minimum absolute atomic E-state index is 0.119. The molecule has 0 atom stereocenters. The van der Waals surface area contributed by atoms with Crippen molar-refractivity contribution in [1.82, 2.24) is 20.4 Å². The van der Waals surface area contributed by atoms with Crippen LogP contribution in [0, 0.1) is 0 Å². The van der Waals surface area contributed by atoms with Gasteiger partial charge in [0.05, 0.1) is 0 Å². The number of anilines is 3. The Hall–Kier alpha value is -1.63. The molecule has 1 aromatic heterocycles. The summed E-state index contributed by atoms with van der Waals surface area (Å²) in [5, 5.41) is 0. The van der Waals surface area contributed by atoms with Gasteiger partial charge in [-0.25, -0.2) is 5.43 Å². The number of aromatic nitrogens is 3. The van der Waals surface area contributed by atoms with Gasteiger partial charge in [-0.15, -0.1) is 0 Å². The second-order valence-electron chi connectivity index (χ2n) is 4.90. The molecule has 1 rings (SSSR count). The molecule has 0 aliphatic heterocycles. The molecule has 6 N–H and O–H groups in total. The second kappa shape index (κ2) is 10.2. The second-order valence-corrected chi connectivity index (χ2v) is 4.90. The first-order valence-corrected chi connectivity index (χ1v) is 7.48. The van der Waals surface area contributed by atoms with Crippen LogP contribution in [0.4, 0.5) is 17.8 Å². The van der Waals surface area contributed by atoms with Crippen molar-refractivity contribution in [2.75, 3.05) is 23.4 Å². The van der Waals surface area contributed by atoms with Gasteiger partial charge in [-0.1, -0.05) is 51.9 Å². The molecule has 0 aromatic carbocycles. The Morgan fingerprint density at radius 2 is 1.35 bits per heavy atom. The topological polar surface area (TPSA) is 115 Å². The highest BCUT2D eigenvalue weighted by atomic mass is 15.4. The zero-order valence-corrected chi connectivity index (χ0v) is 12.4. The normalized spacial score (nSPS) is 10.7. The van der Waals surface area contributed by atoms with Crippen LogP contribution in [0.15, 0.2) is 0 Å². The molecule has 0 aliphatic carbocycles. The quantitative estimate of drug-likeness (QED) is 0.362. The van der Waals surface area contributed by atoms with Crippen LogP contribution in [-0.4, -0.2) is 21.5 Å². The maximum atomic E-state index is 5.47. The summed E-state index contributed by atoms with van der Waals surface area (Å²) in [5.74, 6) is 0.595. The summed E-state index contributed by atoms with van der Waals surface area (Å²) in [6.07, 6.45) is 10.4. The summed E-state index contributed by atoms with van der Waals surface area (Å²) >= 11 is 0. The van der Waals surface area contributed by atoms with E-state index in [-0.39, 0.29) is 11.9 Å². The minimum atomic E-state index is 0.119. The van der Waals surface area contributed by atoms with E-state index in [1.807, 2.05) is 0 Å². The number of nitrogen functional groups attached to an aromatic ring is 2. The number of nitrogens with one attached hydrogen (secondary N) is 2. The van der Waals surface area contributed by atoms with E-state index >= 15 is 0 Å². The zero-order valence-electron chi connectivity index (χ0n) is 12.4. The minimum Gasteiger partial charge on any atom is -0.368 e. The van der Waals surface area contributed by atoms with Gasteiger partial charge in [-0.05, 0) is 6.42 Å². The smallest absolute Gasteiger partial charge is 0.243 e. The fourth-order valence-electron chi connectivity index (χ4n) is 1.95. The van der Waals surface area contributed by atoms with Gasteiger partial charge in [0.2, 0.25) is 17.8 Å². The van der Waals surface area contributed by atoms with E-state index in [0.29, 0.717) is 5.95 Å². The third-order valence-corrected chi connectivity index (χ3v) is 3.03. The molecule has 0 amide bonds. The number of nitrogens with zero attached hydrogens (tertiary/aromatic N) is 3. The summed E-state index contributed by atoms with van der Waals surface area (Å²) in [6.45, 7) is 3.10. The van der Waals surface area contributed by atoms with Crippen LogP contribution in [0.3, 0.4) is 0 Å². The Morgan fingerprint density at radius 1 is 0.800 bits per heavy atom. The summed E-state index contributed by atoms with van der Waals surface area (Å²) in [4.78, 5) is 11.5. The van der Waals surface area contributed by atoms with Gasteiger partial charge in [-0.2, -0.15) is 15.0 Å². The average Bonchev–Trinajstić information content (AvgIpc) is 2.40. The lowest BCUT2D eigenvalue weighted by Crippen LogP contribution is -2.24. The molecule has 0 saturated heterocycles. The fraction of sp³-hybridized carbons (Fsp3) is 0.769. The van der Waals surface area contributed by atoms with E-state index in [1.165, 1.54) is 44.9 Å². The van der Waals surface area contributed by atoms with Crippen LogP contribution in [0.1, 0.15) is 58.3 Å². The third kappa shape index (κ3) is 7.73. The fourth-order valence-corrected chi connectivity index (χ4v) is 1.95. The van der Waals surface area contributed by atoms with Gasteiger partial charge in [0.1, 0.15) is 0 Å². The van der Waals surface area contributed by atoms with Crippen molar-refractivity contribution < 1.29 is 0 Å². The highest BCUT2D eigenvalue weighted by molar-refractivity contribution is 5.36. The van der Waals surface area contributed by atoms with Crippen LogP contribution in [0.5, 0.6) is 0 Å². The maximum absolute atomic E-state index is 5.47. The van der Waals surface area contributed by atoms with E-state index in [1.54, 1.807) is 0 Å². The molecule has 0 radical (unpaired) electrons. The van der Waals surface area contributed by atoms with E-state index < -0.39 is 0 Å². The van der Waals surface area contributed by atoms with Crippen LogP contribution >= 0.6 is 0 Å². The number of nitrogens with two attached hydrogens (primary N) is 2. The molecular weight excluding hydrogens is 254 g/mol. The average molecular weight is 281 g/mol. The van der Waals surface area contributed by atoms with Crippen molar-refractivity contribution >= 4 is 17.8 Å². The first kappa shape index (κ1) is 16.4. The molecule has 20 heavy (non-hydrogen) atoms.